The lowest BCUT2D eigenvalue weighted by atomic mass is 9.81. The Morgan fingerprint density at radius 2 is 1.82 bits per heavy atom. The molecule has 28 heavy (non-hydrogen) atoms. The third-order valence-corrected chi connectivity index (χ3v) is 5.08. The average molecular weight is 389 g/mol. The number of ether oxygens (including phenoxy) is 1. The normalized spacial score (nSPS) is 15.6. The van der Waals surface area contributed by atoms with Crippen LogP contribution in [0, 0.1) is 11.8 Å². The van der Waals surface area contributed by atoms with Crippen molar-refractivity contribution >= 4 is 17.8 Å². The molecule has 0 unspecified atom stereocenters. The Labute approximate surface area is 166 Å². The van der Waals surface area contributed by atoms with E-state index in [1.165, 1.54) is 19.3 Å². The molecule has 154 valence electrons. The molecular formula is C21H31N3O4. The molecule has 1 atom stereocenters. The summed E-state index contributed by atoms with van der Waals surface area (Å²) in [6.07, 6.45) is 6.63. The first-order valence-electron chi connectivity index (χ1n) is 10.0. The quantitative estimate of drug-likeness (QED) is 0.305. The minimum absolute atomic E-state index is 0.0483. The van der Waals surface area contributed by atoms with Crippen molar-refractivity contribution < 1.29 is 19.1 Å². The molecule has 2 rings (SSSR count). The van der Waals surface area contributed by atoms with Gasteiger partial charge in [-0.3, -0.25) is 19.8 Å². The Hall–Kier alpha value is -2.41. The largest absolute Gasteiger partial charge is 0.461 e. The first kappa shape index (κ1) is 21.9. The molecule has 2 amide bonds. The molecule has 0 radical (unpaired) electrons. The smallest absolute Gasteiger partial charge is 0.306 e. The van der Waals surface area contributed by atoms with E-state index in [0.29, 0.717) is 12.3 Å². The number of nitrogens with two attached hydrogens (primary N) is 1. The number of amides is 2. The van der Waals surface area contributed by atoms with E-state index in [4.69, 9.17) is 10.5 Å². The SMILES string of the molecule is NC(=O)CCNNC(=O)[C@@H](CC(=O)OCc1ccccc1)CC1CCCCC1. The van der Waals surface area contributed by atoms with E-state index < -0.39 is 11.8 Å². The number of hydrogen-bond donors (Lipinski definition) is 3. The minimum atomic E-state index is -0.451. The number of benzene rings is 1. The monoisotopic (exact) mass is 389 g/mol. The molecule has 0 heterocycles. The summed E-state index contributed by atoms with van der Waals surface area (Å²) in [6.45, 7) is 0.462. The fraction of sp³-hybridized carbons (Fsp3) is 0.571. The number of rotatable bonds is 11. The minimum Gasteiger partial charge on any atom is -0.461 e. The van der Waals surface area contributed by atoms with Crippen LogP contribution in [-0.2, 0) is 25.7 Å². The zero-order valence-electron chi connectivity index (χ0n) is 16.3. The first-order valence-corrected chi connectivity index (χ1v) is 10.0. The molecule has 1 aromatic carbocycles. The predicted molar refractivity (Wildman–Crippen MR) is 105 cm³/mol. The van der Waals surface area contributed by atoms with Gasteiger partial charge in [-0.25, -0.2) is 5.43 Å². The molecule has 0 spiro atoms. The van der Waals surface area contributed by atoms with Gasteiger partial charge in [0, 0.05) is 18.9 Å². The Bertz CT molecular complexity index is 630. The molecule has 0 saturated heterocycles. The van der Waals surface area contributed by atoms with Gasteiger partial charge < -0.3 is 10.5 Å². The van der Waals surface area contributed by atoms with Crippen LogP contribution in [0.15, 0.2) is 30.3 Å². The van der Waals surface area contributed by atoms with Gasteiger partial charge in [0.1, 0.15) is 6.61 Å². The van der Waals surface area contributed by atoms with E-state index in [1.807, 2.05) is 30.3 Å². The number of hydrazine groups is 1. The summed E-state index contributed by atoms with van der Waals surface area (Å²) >= 11 is 0. The third-order valence-electron chi connectivity index (χ3n) is 5.08. The maximum absolute atomic E-state index is 12.6. The van der Waals surface area contributed by atoms with E-state index in [2.05, 4.69) is 10.9 Å². The molecule has 1 aliphatic carbocycles. The van der Waals surface area contributed by atoms with Gasteiger partial charge in [0.05, 0.1) is 6.42 Å². The molecule has 1 saturated carbocycles. The highest BCUT2D eigenvalue weighted by Gasteiger charge is 2.27. The second-order valence-electron chi connectivity index (χ2n) is 7.42. The van der Waals surface area contributed by atoms with Crippen LogP contribution in [0.25, 0.3) is 0 Å². The lowest BCUT2D eigenvalue weighted by molar-refractivity contribution is -0.148. The van der Waals surface area contributed by atoms with Crippen LogP contribution in [0.3, 0.4) is 0 Å². The number of carbonyl (C=O) groups excluding carboxylic acids is 3. The van der Waals surface area contributed by atoms with Gasteiger partial charge in [0.2, 0.25) is 11.8 Å². The molecule has 7 heteroatoms. The zero-order chi connectivity index (χ0) is 20.2. The van der Waals surface area contributed by atoms with Crippen LogP contribution in [-0.4, -0.2) is 24.3 Å². The lowest BCUT2D eigenvalue weighted by Gasteiger charge is -2.25. The van der Waals surface area contributed by atoms with Crippen molar-refractivity contribution in [2.24, 2.45) is 17.6 Å². The maximum Gasteiger partial charge on any atom is 0.306 e. The summed E-state index contributed by atoms with van der Waals surface area (Å²) in [4.78, 5) is 35.7. The molecule has 0 aromatic heterocycles. The number of nitrogens with one attached hydrogen (secondary N) is 2. The molecule has 7 nitrogen and oxygen atoms in total. The number of carbonyl (C=O) groups is 3. The average Bonchev–Trinajstić information content (AvgIpc) is 2.70. The summed E-state index contributed by atoms with van der Waals surface area (Å²) in [7, 11) is 0. The van der Waals surface area contributed by atoms with Gasteiger partial charge in [-0.2, -0.15) is 0 Å². The van der Waals surface area contributed by atoms with Crippen molar-refractivity contribution in [2.45, 2.75) is 58.0 Å². The summed E-state index contributed by atoms with van der Waals surface area (Å²) < 4.78 is 5.35. The summed E-state index contributed by atoms with van der Waals surface area (Å²) in [6, 6.07) is 9.46. The molecule has 1 aromatic rings. The van der Waals surface area contributed by atoms with Gasteiger partial charge in [-0.1, -0.05) is 62.4 Å². The van der Waals surface area contributed by atoms with Crippen LogP contribution >= 0.6 is 0 Å². The summed E-state index contributed by atoms with van der Waals surface area (Å²) in [5.41, 5.74) is 11.3. The van der Waals surface area contributed by atoms with Crippen LogP contribution in [0.5, 0.6) is 0 Å². The van der Waals surface area contributed by atoms with E-state index in [1.54, 1.807) is 0 Å². The molecule has 0 aliphatic heterocycles. The highest BCUT2D eigenvalue weighted by molar-refractivity contribution is 5.83. The first-order chi connectivity index (χ1) is 13.5. The molecule has 1 aliphatic rings. The maximum atomic E-state index is 12.6. The topological polar surface area (TPSA) is 111 Å². The van der Waals surface area contributed by atoms with Gasteiger partial charge in [0.25, 0.3) is 0 Å². The zero-order valence-corrected chi connectivity index (χ0v) is 16.3. The lowest BCUT2D eigenvalue weighted by Crippen LogP contribution is -2.43. The van der Waals surface area contributed by atoms with Crippen molar-refractivity contribution in [2.75, 3.05) is 6.54 Å². The van der Waals surface area contributed by atoms with E-state index in [-0.39, 0.29) is 37.9 Å². The Morgan fingerprint density at radius 1 is 1.11 bits per heavy atom. The van der Waals surface area contributed by atoms with Crippen LogP contribution in [0.4, 0.5) is 0 Å². The Balaban J connectivity index is 1.85. The van der Waals surface area contributed by atoms with Gasteiger partial charge in [-0.05, 0) is 17.9 Å². The van der Waals surface area contributed by atoms with E-state index in [0.717, 1.165) is 18.4 Å². The fourth-order valence-electron chi connectivity index (χ4n) is 3.54. The van der Waals surface area contributed by atoms with Gasteiger partial charge in [-0.15, -0.1) is 0 Å². The molecular weight excluding hydrogens is 358 g/mol. The highest BCUT2D eigenvalue weighted by Crippen LogP contribution is 2.30. The third kappa shape index (κ3) is 8.52. The number of primary amides is 1. The summed E-state index contributed by atoms with van der Waals surface area (Å²) in [5.74, 6) is -1.06. The van der Waals surface area contributed by atoms with Crippen molar-refractivity contribution in [3.63, 3.8) is 0 Å². The van der Waals surface area contributed by atoms with E-state index >= 15 is 0 Å². The predicted octanol–water partition coefficient (Wildman–Crippen LogP) is 2.20. The van der Waals surface area contributed by atoms with Crippen molar-refractivity contribution in [1.29, 1.82) is 0 Å². The van der Waals surface area contributed by atoms with Crippen LogP contribution in [0.2, 0.25) is 0 Å². The number of esters is 1. The standard InChI is InChI=1S/C21H31N3O4/c22-19(25)11-12-23-24-21(27)18(13-16-7-3-1-4-8-16)14-20(26)28-15-17-9-5-2-6-10-17/h2,5-6,9-10,16,18,23H,1,3-4,7-8,11-15H2,(H2,22,25)(H,24,27)/t18-/m1/s1. The van der Waals surface area contributed by atoms with Gasteiger partial charge >= 0.3 is 5.97 Å². The Kier molecular flexibility index (Phi) is 9.48. The van der Waals surface area contributed by atoms with Gasteiger partial charge in [0.15, 0.2) is 0 Å². The molecule has 0 bridgehead atoms. The molecule has 1 fully saturated rings. The second-order valence-corrected chi connectivity index (χ2v) is 7.42. The highest BCUT2D eigenvalue weighted by atomic mass is 16.5. The van der Waals surface area contributed by atoms with Crippen molar-refractivity contribution in [3.8, 4) is 0 Å². The van der Waals surface area contributed by atoms with E-state index in [9.17, 15) is 14.4 Å². The van der Waals surface area contributed by atoms with Crippen LogP contribution in [0.1, 0.15) is 56.9 Å². The van der Waals surface area contributed by atoms with Crippen LogP contribution < -0.4 is 16.6 Å². The molecule has 4 N–H and O–H groups in total. The Morgan fingerprint density at radius 3 is 2.50 bits per heavy atom. The van der Waals surface area contributed by atoms with Crippen molar-refractivity contribution in [3.05, 3.63) is 35.9 Å². The van der Waals surface area contributed by atoms with Crippen molar-refractivity contribution in [1.82, 2.24) is 10.9 Å². The summed E-state index contributed by atoms with van der Waals surface area (Å²) in [5, 5.41) is 0. The second kappa shape index (κ2) is 12.1. The fourth-order valence-corrected chi connectivity index (χ4v) is 3.54. The number of hydrogen-bond acceptors (Lipinski definition) is 5.